The zero-order valence-electron chi connectivity index (χ0n) is 18.8. The van der Waals surface area contributed by atoms with Crippen molar-refractivity contribution < 1.29 is 19.1 Å². The largest absolute Gasteiger partial charge is 0.450 e. The second kappa shape index (κ2) is 11.9. The molecule has 1 saturated heterocycles. The molecule has 0 bridgehead atoms. The lowest BCUT2D eigenvalue weighted by atomic mass is 9.83. The van der Waals surface area contributed by atoms with Gasteiger partial charge in [0.15, 0.2) is 0 Å². The summed E-state index contributed by atoms with van der Waals surface area (Å²) in [6.07, 6.45) is 5.68. The fraction of sp³-hybridized carbons (Fsp3) is 0.667. The van der Waals surface area contributed by atoms with Crippen LogP contribution in [0.5, 0.6) is 0 Å². The van der Waals surface area contributed by atoms with Crippen LogP contribution in [0.1, 0.15) is 63.9 Å². The summed E-state index contributed by atoms with van der Waals surface area (Å²) in [4.78, 5) is 26.5. The lowest BCUT2D eigenvalue weighted by Crippen LogP contribution is -2.61. The van der Waals surface area contributed by atoms with Crippen LogP contribution in [0, 0.1) is 0 Å². The molecule has 2 atom stereocenters. The van der Waals surface area contributed by atoms with Crippen molar-refractivity contribution in [3.8, 4) is 0 Å². The van der Waals surface area contributed by atoms with Crippen molar-refractivity contribution in [2.24, 2.45) is 0 Å². The number of ether oxygens (including phenoxy) is 2. The molecule has 7 nitrogen and oxygen atoms in total. The monoisotopic (exact) mass is 431 g/mol. The molecule has 172 valence electrons. The lowest BCUT2D eigenvalue weighted by Gasteiger charge is -2.42. The molecule has 1 aliphatic carbocycles. The van der Waals surface area contributed by atoms with Crippen LogP contribution in [0.25, 0.3) is 0 Å². The molecule has 1 heterocycles. The Bertz CT molecular complexity index is 691. The molecular formula is C24H37N3O4. The molecular weight excluding hydrogens is 394 g/mol. The fourth-order valence-electron chi connectivity index (χ4n) is 4.78. The number of likely N-dealkylation sites (tertiary alicyclic amines) is 1. The van der Waals surface area contributed by atoms with Crippen molar-refractivity contribution in [2.45, 2.75) is 76.5 Å². The zero-order valence-corrected chi connectivity index (χ0v) is 18.8. The number of carbonyl (C=O) groups is 2. The van der Waals surface area contributed by atoms with Gasteiger partial charge in [0.25, 0.3) is 0 Å². The quantitative estimate of drug-likeness (QED) is 0.683. The van der Waals surface area contributed by atoms with Gasteiger partial charge in [0.2, 0.25) is 0 Å². The first kappa shape index (κ1) is 23.4. The number of nitrogens with zero attached hydrogens (tertiary/aromatic N) is 1. The Balaban J connectivity index is 1.57. The third-order valence-electron chi connectivity index (χ3n) is 6.39. The predicted octanol–water partition coefficient (Wildman–Crippen LogP) is 4.04. The van der Waals surface area contributed by atoms with E-state index in [-0.39, 0.29) is 24.2 Å². The van der Waals surface area contributed by atoms with Crippen LogP contribution in [-0.4, -0.2) is 61.5 Å². The Morgan fingerprint density at radius 3 is 2.48 bits per heavy atom. The number of piperidine rings is 1. The number of alkyl carbamates (subject to hydrolysis) is 1. The minimum Gasteiger partial charge on any atom is -0.450 e. The number of carbonyl (C=O) groups excluding carboxylic acids is 2. The number of urea groups is 1. The molecule has 1 aromatic rings. The standard InChI is InChI=1S/C24H37N3O4/c1-3-25-23(28)27-16-8-11-21(26-24(29)30-4-2)22(27)17-31-20-14-12-19(13-15-20)18-9-6-5-7-10-18/h5-7,9-10,19-22H,3-4,8,11-17H2,1-2H3,(H,25,28)(H,26,29). The maximum absolute atomic E-state index is 12.6. The molecule has 2 N–H and O–H groups in total. The molecule has 31 heavy (non-hydrogen) atoms. The van der Waals surface area contributed by atoms with E-state index in [0.717, 1.165) is 38.5 Å². The molecule has 2 aliphatic rings. The number of rotatable bonds is 7. The minimum absolute atomic E-state index is 0.0979. The van der Waals surface area contributed by atoms with E-state index in [4.69, 9.17) is 9.47 Å². The highest BCUT2D eigenvalue weighted by molar-refractivity contribution is 5.75. The van der Waals surface area contributed by atoms with Crippen molar-refractivity contribution in [1.82, 2.24) is 15.5 Å². The Morgan fingerprint density at radius 1 is 1.06 bits per heavy atom. The van der Waals surface area contributed by atoms with Crippen molar-refractivity contribution in [3.05, 3.63) is 35.9 Å². The Morgan fingerprint density at radius 2 is 1.81 bits per heavy atom. The predicted molar refractivity (Wildman–Crippen MR) is 120 cm³/mol. The normalized spacial score (nSPS) is 26.2. The molecule has 3 rings (SSSR count). The Labute approximate surface area is 185 Å². The van der Waals surface area contributed by atoms with Gasteiger partial charge in [-0.2, -0.15) is 0 Å². The molecule has 0 spiro atoms. The number of amides is 3. The SMILES string of the molecule is CCNC(=O)N1CCCC(NC(=O)OCC)C1COC1CCC(c2ccccc2)CC1. The first-order valence-corrected chi connectivity index (χ1v) is 11.8. The number of hydrogen-bond acceptors (Lipinski definition) is 4. The smallest absolute Gasteiger partial charge is 0.407 e. The first-order chi connectivity index (χ1) is 15.1. The third-order valence-corrected chi connectivity index (χ3v) is 6.39. The van der Waals surface area contributed by atoms with Gasteiger partial charge in [0.05, 0.1) is 31.4 Å². The van der Waals surface area contributed by atoms with Crippen LogP contribution in [0.2, 0.25) is 0 Å². The van der Waals surface area contributed by atoms with E-state index in [1.165, 1.54) is 5.56 Å². The molecule has 1 aromatic carbocycles. The van der Waals surface area contributed by atoms with Gasteiger partial charge in [0.1, 0.15) is 0 Å². The second-order valence-corrected chi connectivity index (χ2v) is 8.43. The van der Waals surface area contributed by atoms with Gasteiger partial charge in [-0.25, -0.2) is 9.59 Å². The van der Waals surface area contributed by atoms with Crippen molar-refractivity contribution in [1.29, 1.82) is 0 Å². The van der Waals surface area contributed by atoms with Gasteiger partial charge in [0, 0.05) is 13.1 Å². The van der Waals surface area contributed by atoms with Crippen LogP contribution < -0.4 is 10.6 Å². The maximum Gasteiger partial charge on any atom is 0.407 e. The molecule has 1 saturated carbocycles. The van der Waals surface area contributed by atoms with E-state index >= 15 is 0 Å². The van der Waals surface area contributed by atoms with Gasteiger partial charge in [-0.3, -0.25) is 0 Å². The van der Waals surface area contributed by atoms with E-state index in [9.17, 15) is 9.59 Å². The molecule has 1 aliphatic heterocycles. The second-order valence-electron chi connectivity index (χ2n) is 8.43. The summed E-state index contributed by atoms with van der Waals surface area (Å²) in [5, 5.41) is 5.84. The van der Waals surface area contributed by atoms with E-state index in [2.05, 4.69) is 41.0 Å². The Kier molecular flexibility index (Phi) is 9.00. The summed E-state index contributed by atoms with van der Waals surface area (Å²) in [5.41, 5.74) is 1.41. The molecule has 3 amide bonds. The molecule has 2 fully saturated rings. The summed E-state index contributed by atoms with van der Waals surface area (Å²) < 4.78 is 11.4. The van der Waals surface area contributed by atoms with Gasteiger partial charge in [-0.05, 0) is 63.9 Å². The highest BCUT2D eigenvalue weighted by Crippen LogP contribution is 2.34. The van der Waals surface area contributed by atoms with Gasteiger partial charge in [-0.15, -0.1) is 0 Å². The molecule has 7 heteroatoms. The molecule has 0 aromatic heterocycles. The van der Waals surface area contributed by atoms with E-state index in [0.29, 0.717) is 32.2 Å². The maximum atomic E-state index is 12.6. The topological polar surface area (TPSA) is 79.9 Å². The van der Waals surface area contributed by atoms with Crippen molar-refractivity contribution in [2.75, 3.05) is 26.3 Å². The van der Waals surface area contributed by atoms with Gasteiger partial charge >= 0.3 is 12.1 Å². The van der Waals surface area contributed by atoms with Crippen LogP contribution in [-0.2, 0) is 9.47 Å². The first-order valence-electron chi connectivity index (χ1n) is 11.8. The lowest BCUT2D eigenvalue weighted by molar-refractivity contribution is -0.0194. The van der Waals surface area contributed by atoms with Crippen LogP contribution in [0.3, 0.4) is 0 Å². The van der Waals surface area contributed by atoms with Crippen LogP contribution in [0.4, 0.5) is 9.59 Å². The summed E-state index contributed by atoms with van der Waals surface area (Å²) in [5.74, 6) is 0.598. The molecule has 2 unspecified atom stereocenters. The highest BCUT2D eigenvalue weighted by atomic mass is 16.5. The van der Waals surface area contributed by atoms with Gasteiger partial charge < -0.3 is 25.0 Å². The number of benzene rings is 1. The minimum atomic E-state index is -0.432. The number of nitrogens with one attached hydrogen (secondary N) is 2. The van der Waals surface area contributed by atoms with E-state index < -0.39 is 6.09 Å². The number of hydrogen-bond donors (Lipinski definition) is 2. The van der Waals surface area contributed by atoms with E-state index in [1.54, 1.807) is 6.92 Å². The van der Waals surface area contributed by atoms with Gasteiger partial charge in [-0.1, -0.05) is 30.3 Å². The summed E-state index contributed by atoms with van der Waals surface area (Å²) in [6, 6.07) is 10.2. The van der Waals surface area contributed by atoms with E-state index in [1.807, 2.05) is 11.8 Å². The van der Waals surface area contributed by atoms with Crippen LogP contribution >= 0.6 is 0 Å². The van der Waals surface area contributed by atoms with Crippen molar-refractivity contribution >= 4 is 12.1 Å². The summed E-state index contributed by atoms with van der Waals surface area (Å²) >= 11 is 0. The molecule has 0 radical (unpaired) electrons. The summed E-state index contributed by atoms with van der Waals surface area (Å²) in [6.45, 7) is 5.68. The average Bonchev–Trinajstić information content (AvgIpc) is 2.79. The Hall–Kier alpha value is -2.28. The van der Waals surface area contributed by atoms with Crippen LogP contribution in [0.15, 0.2) is 30.3 Å². The average molecular weight is 432 g/mol. The fourth-order valence-corrected chi connectivity index (χ4v) is 4.78. The third kappa shape index (κ3) is 6.60. The van der Waals surface area contributed by atoms with Crippen molar-refractivity contribution in [3.63, 3.8) is 0 Å². The zero-order chi connectivity index (χ0) is 22.1. The summed E-state index contributed by atoms with van der Waals surface area (Å²) in [7, 11) is 0. The highest BCUT2D eigenvalue weighted by Gasteiger charge is 2.36.